The van der Waals surface area contributed by atoms with E-state index in [0.29, 0.717) is 6.42 Å². The minimum Gasteiger partial charge on any atom is -0.465 e. The molecule has 1 unspecified atom stereocenters. The van der Waals surface area contributed by atoms with Crippen molar-refractivity contribution in [3.8, 4) is 0 Å². The maximum absolute atomic E-state index is 12.8. The van der Waals surface area contributed by atoms with Gasteiger partial charge in [-0.25, -0.2) is 17.9 Å². The summed E-state index contributed by atoms with van der Waals surface area (Å²) in [5.41, 5.74) is 3.07. The number of methoxy groups -OCH3 is 1. The Morgan fingerprint density at radius 1 is 1.19 bits per heavy atom. The van der Waals surface area contributed by atoms with E-state index in [0.717, 1.165) is 16.7 Å². The van der Waals surface area contributed by atoms with Crippen molar-refractivity contribution in [2.24, 2.45) is 0 Å². The summed E-state index contributed by atoms with van der Waals surface area (Å²) in [6, 6.07) is 9.50. The fourth-order valence-corrected chi connectivity index (χ4v) is 4.30. The number of sulfonamides is 1. The molecule has 0 bridgehead atoms. The van der Waals surface area contributed by atoms with Crippen molar-refractivity contribution in [3.63, 3.8) is 0 Å². The van der Waals surface area contributed by atoms with E-state index in [1.54, 1.807) is 0 Å². The van der Waals surface area contributed by atoms with E-state index in [-0.39, 0.29) is 21.5 Å². The summed E-state index contributed by atoms with van der Waals surface area (Å²) in [5, 5.41) is 0.136. The molecule has 1 N–H and O–H groups in total. The van der Waals surface area contributed by atoms with Crippen LogP contribution >= 0.6 is 11.6 Å². The summed E-state index contributed by atoms with van der Waals surface area (Å²) in [6.45, 7) is 5.86. The predicted molar refractivity (Wildman–Crippen MR) is 102 cm³/mol. The van der Waals surface area contributed by atoms with Crippen LogP contribution in [0.1, 0.15) is 46.4 Å². The first-order valence-electron chi connectivity index (χ1n) is 8.17. The van der Waals surface area contributed by atoms with E-state index in [2.05, 4.69) is 9.46 Å². The van der Waals surface area contributed by atoms with Crippen LogP contribution in [0, 0.1) is 13.8 Å². The topological polar surface area (TPSA) is 72.5 Å². The number of carbonyl (C=O) groups is 1. The van der Waals surface area contributed by atoms with Crippen LogP contribution in [0.3, 0.4) is 0 Å². The molecule has 0 spiro atoms. The Balaban J connectivity index is 2.39. The number of halogens is 1. The molecule has 0 aromatic heterocycles. The van der Waals surface area contributed by atoms with Crippen molar-refractivity contribution in [1.82, 2.24) is 4.72 Å². The number of hydrogen-bond donors (Lipinski definition) is 1. The first-order valence-corrected chi connectivity index (χ1v) is 10.0. The molecule has 140 valence electrons. The molecule has 0 amide bonds. The third kappa shape index (κ3) is 4.44. The summed E-state index contributed by atoms with van der Waals surface area (Å²) in [4.78, 5) is 11.7. The Kier molecular flexibility index (Phi) is 6.44. The first kappa shape index (κ1) is 20.4. The second-order valence-electron chi connectivity index (χ2n) is 6.08. The van der Waals surface area contributed by atoms with E-state index in [1.807, 2.05) is 39.0 Å². The smallest absolute Gasteiger partial charge is 0.339 e. The molecule has 0 fully saturated rings. The molecule has 0 radical (unpaired) electrons. The van der Waals surface area contributed by atoms with Crippen LogP contribution in [0.5, 0.6) is 0 Å². The van der Waals surface area contributed by atoms with Gasteiger partial charge in [0.2, 0.25) is 10.0 Å². The van der Waals surface area contributed by atoms with E-state index in [4.69, 9.17) is 11.6 Å². The lowest BCUT2D eigenvalue weighted by Crippen LogP contribution is -2.29. The largest absolute Gasteiger partial charge is 0.465 e. The lowest BCUT2D eigenvalue weighted by molar-refractivity contribution is 0.0600. The minimum atomic E-state index is -3.84. The zero-order chi connectivity index (χ0) is 19.5. The lowest BCUT2D eigenvalue weighted by Gasteiger charge is -2.20. The Bertz CT molecular complexity index is 925. The van der Waals surface area contributed by atoms with Crippen LogP contribution < -0.4 is 4.72 Å². The van der Waals surface area contributed by atoms with Crippen LogP contribution in [0.15, 0.2) is 41.3 Å². The van der Waals surface area contributed by atoms with Gasteiger partial charge in [-0.15, -0.1) is 0 Å². The van der Waals surface area contributed by atoms with Gasteiger partial charge in [0.05, 0.1) is 22.6 Å². The fourth-order valence-electron chi connectivity index (χ4n) is 2.78. The molecule has 2 rings (SSSR count). The van der Waals surface area contributed by atoms with Crippen molar-refractivity contribution >= 4 is 27.6 Å². The summed E-state index contributed by atoms with van der Waals surface area (Å²) in [6.07, 6.45) is 0.584. The van der Waals surface area contributed by atoms with Gasteiger partial charge in [-0.2, -0.15) is 0 Å². The maximum Gasteiger partial charge on any atom is 0.339 e. The van der Waals surface area contributed by atoms with E-state index >= 15 is 0 Å². The van der Waals surface area contributed by atoms with Gasteiger partial charge in [-0.3, -0.25) is 0 Å². The number of esters is 1. The molecule has 2 aromatic rings. The van der Waals surface area contributed by atoms with Crippen molar-refractivity contribution in [2.75, 3.05) is 7.11 Å². The zero-order valence-corrected chi connectivity index (χ0v) is 16.7. The highest BCUT2D eigenvalue weighted by Crippen LogP contribution is 2.26. The van der Waals surface area contributed by atoms with Gasteiger partial charge in [0, 0.05) is 6.04 Å². The molecule has 0 heterocycles. The Labute approximate surface area is 159 Å². The Hall–Kier alpha value is -1.89. The van der Waals surface area contributed by atoms with Gasteiger partial charge >= 0.3 is 5.97 Å². The number of aryl methyl sites for hydroxylation is 2. The number of nitrogens with one attached hydrogen (secondary N) is 1. The number of hydrogen-bond acceptors (Lipinski definition) is 4. The summed E-state index contributed by atoms with van der Waals surface area (Å²) in [7, 11) is -2.63. The van der Waals surface area contributed by atoms with Crippen molar-refractivity contribution in [3.05, 3.63) is 63.7 Å². The lowest BCUT2D eigenvalue weighted by atomic mass is 9.98. The predicted octanol–water partition coefficient (Wildman–Crippen LogP) is 4.17. The van der Waals surface area contributed by atoms with Crippen LogP contribution in [0.4, 0.5) is 0 Å². The van der Waals surface area contributed by atoms with Crippen molar-refractivity contribution < 1.29 is 17.9 Å². The molecule has 1 atom stereocenters. The molecule has 5 nitrogen and oxygen atoms in total. The van der Waals surface area contributed by atoms with Gasteiger partial charge in [0.15, 0.2) is 0 Å². The van der Waals surface area contributed by atoms with Gasteiger partial charge in [-0.1, -0.05) is 42.3 Å². The van der Waals surface area contributed by atoms with Gasteiger partial charge < -0.3 is 4.74 Å². The molecule has 0 aliphatic carbocycles. The molecule has 0 saturated heterocycles. The third-order valence-corrected chi connectivity index (χ3v) is 5.96. The number of rotatable bonds is 6. The Morgan fingerprint density at radius 3 is 2.46 bits per heavy atom. The van der Waals surface area contributed by atoms with Crippen LogP contribution in [-0.4, -0.2) is 21.5 Å². The molecular weight excluding hydrogens is 374 g/mol. The molecule has 0 saturated carbocycles. The van der Waals surface area contributed by atoms with Gasteiger partial charge in [-0.05, 0) is 49.6 Å². The fraction of sp³-hybridized carbons (Fsp3) is 0.316. The standard InChI is InChI=1S/C19H22ClNO4S/c1-5-18(15-8-6-12(2)10-13(15)3)21-26(23,24)14-7-9-17(20)16(11-14)19(22)25-4/h6-11,18,21H,5H2,1-4H3. The molecule has 2 aromatic carbocycles. The molecule has 7 heteroatoms. The maximum atomic E-state index is 12.8. The average Bonchev–Trinajstić information content (AvgIpc) is 2.59. The highest BCUT2D eigenvalue weighted by Gasteiger charge is 2.23. The van der Waals surface area contributed by atoms with Gasteiger partial charge in [0.25, 0.3) is 0 Å². The highest BCUT2D eigenvalue weighted by atomic mass is 35.5. The second kappa shape index (κ2) is 8.20. The molecule has 0 aliphatic heterocycles. The zero-order valence-electron chi connectivity index (χ0n) is 15.2. The van der Waals surface area contributed by atoms with Crippen molar-refractivity contribution in [2.45, 2.75) is 38.1 Å². The monoisotopic (exact) mass is 395 g/mol. The van der Waals surface area contributed by atoms with Crippen LogP contribution in [-0.2, 0) is 14.8 Å². The van der Waals surface area contributed by atoms with Crippen LogP contribution in [0.25, 0.3) is 0 Å². The molecule has 26 heavy (non-hydrogen) atoms. The highest BCUT2D eigenvalue weighted by molar-refractivity contribution is 7.89. The van der Waals surface area contributed by atoms with Crippen LogP contribution in [0.2, 0.25) is 5.02 Å². The van der Waals surface area contributed by atoms with E-state index < -0.39 is 16.0 Å². The number of carbonyl (C=O) groups excluding carboxylic acids is 1. The average molecular weight is 396 g/mol. The summed E-state index contributed by atoms with van der Waals surface area (Å²) in [5.74, 6) is -0.687. The van der Waals surface area contributed by atoms with Crippen molar-refractivity contribution in [1.29, 1.82) is 0 Å². The number of benzene rings is 2. The second-order valence-corrected chi connectivity index (χ2v) is 8.20. The minimum absolute atomic E-state index is 0.0107. The SMILES string of the molecule is CCC(NS(=O)(=O)c1ccc(Cl)c(C(=O)OC)c1)c1ccc(C)cc1C. The summed E-state index contributed by atoms with van der Waals surface area (Å²) >= 11 is 5.97. The normalized spacial score (nSPS) is 12.7. The summed E-state index contributed by atoms with van der Waals surface area (Å²) < 4.78 is 33.0. The van der Waals surface area contributed by atoms with E-state index in [9.17, 15) is 13.2 Å². The third-order valence-electron chi connectivity index (χ3n) is 4.16. The molecular formula is C19H22ClNO4S. The first-order chi connectivity index (χ1) is 12.2. The number of ether oxygens (including phenoxy) is 1. The molecule has 0 aliphatic rings. The van der Waals surface area contributed by atoms with Gasteiger partial charge in [0.1, 0.15) is 0 Å². The van der Waals surface area contributed by atoms with E-state index in [1.165, 1.54) is 25.3 Å². The Morgan fingerprint density at radius 2 is 1.88 bits per heavy atom. The quantitative estimate of drug-likeness (QED) is 0.745.